The van der Waals surface area contributed by atoms with Gasteiger partial charge in [0.15, 0.2) is 0 Å². The Morgan fingerprint density at radius 1 is 0.960 bits per heavy atom. The third-order valence-electron chi connectivity index (χ3n) is 4.84. The van der Waals surface area contributed by atoms with Crippen LogP contribution in [0.25, 0.3) is 10.9 Å². The van der Waals surface area contributed by atoms with E-state index >= 15 is 0 Å². The SMILES string of the molecule is COc1cccc(N2CCN(Cc3cnc4ccccc4c3)CC2)c1. The van der Waals surface area contributed by atoms with Gasteiger partial charge in [0.05, 0.1) is 12.6 Å². The normalized spacial score (nSPS) is 15.5. The highest BCUT2D eigenvalue weighted by molar-refractivity contribution is 5.78. The summed E-state index contributed by atoms with van der Waals surface area (Å²) in [6.07, 6.45) is 2.01. The summed E-state index contributed by atoms with van der Waals surface area (Å²) < 4.78 is 5.34. The van der Waals surface area contributed by atoms with Crippen molar-refractivity contribution in [3.05, 3.63) is 66.4 Å². The lowest BCUT2D eigenvalue weighted by atomic mass is 10.1. The average molecular weight is 333 g/mol. The van der Waals surface area contributed by atoms with E-state index in [2.05, 4.69) is 57.2 Å². The maximum absolute atomic E-state index is 5.34. The minimum atomic E-state index is 0.919. The van der Waals surface area contributed by atoms with E-state index in [1.165, 1.54) is 16.6 Å². The highest BCUT2D eigenvalue weighted by Gasteiger charge is 2.17. The molecule has 0 radical (unpaired) electrons. The van der Waals surface area contributed by atoms with Gasteiger partial charge in [0.2, 0.25) is 0 Å². The van der Waals surface area contributed by atoms with Crippen LogP contribution in [0.5, 0.6) is 5.75 Å². The molecule has 1 aliphatic rings. The fourth-order valence-electron chi connectivity index (χ4n) is 3.43. The number of hydrogen-bond acceptors (Lipinski definition) is 4. The molecule has 0 aliphatic carbocycles. The molecule has 0 atom stereocenters. The predicted octanol–water partition coefficient (Wildman–Crippen LogP) is 3.57. The van der Waals surface area contributed by atoms with Gasteiger partial charge in [0.1, 0.15) is 5.75 Å². The quantitative estimate of drug-likeness (QED) is 0.730. The number of para-hydroxylation sites is 1. The number of rotatable bonds is 4. The van der Waals surface area contributed by atoms with Crippen molar-refractivity contribution in [2.45, 2.75) is 6.54 Å². The Morgan fingerprint density at radius 2 is 1.80 bits per heavy atom. The highest BCUT2D eigenvalue weighted by Crippen LogP contribution is 2.22. The van der Waals surface area contributed by atoms with E-state index in [0.29, 0.717) is 0 Å². The molecule has 1 fully saturated rings. The third-order valence-corrected chi connectivity index (χ3v) is 4.84. The summed E-state index contributed by atoms with van der Waals surface area (Å²) in [7, 11) is 1.72. The van der Waals surface area contributed by atoms with E-state index in [1.54, 1.807) is 7.11 Å². The van der Waals surface area contributed by atoms with Crippen LogP contribution in [0.1, 0.15) is 5.56 Å². The van der Waals surface area contributed by atoms with Crippen LogP contribution in [0, 0.1) is 0 Å². The number of nitrogens with zero attached hydrogens (tertiary/aromatic N) is 3. The number of benzene rings is 2. The van der Waals surface area contributed by atoms with Crippen molar-refractivity contribution < 1.29 is 4.74 Å². The molecule has 1 saturated heterocycles. The standard InChI is InChI=1S/C21H23N3O/c1-25-20-7-4-6-19(14-20)24-11-9-23(10-12-24)16-17-13-18-5-2-3-8-21(18)22-15-17/h2-8,13-15H,9-12,16H2,1H3. The zero-order valence-corrected chi connectivity index (χ0v) is 14.6. The van der Waals surface area contributed by atoms with E-state index in [0.717, 1.165) is 44.0 Å². The summed E-state index contributed by atoms with van der Waals surface area (Å²) in [6, 6.07) is 18.9. The molecule has 2 heterocycles. The number of anilines is 1. The van der Waals surface area contributed by atoms with Crippen molar-refractivity contribution in [2.24, 2.45) is 0 Å². The molecule has 25 heavy (non-hydrogen) atoms. The molecule has 0 N–H and O–H groups in total. The summed E-state index contributed by atoms with van der Waals surface area (Å²) >= 11 is 0. The van der Waals surface area contributed by atoms with Gasteiger partial charge in [-0.2, -0.15) is 0 Å². The van der Waals surface area contributed by atoms with Crippen LogP contribution in [0.4, 0.5) is 5.69 Å². The van der Waals surface area contributed by atoms with Crippen LogP contribution in [-0.2, 0) is 6.54 Å². The van der Waals surface area contributed by atoms with Crippen LogP contribution in [0.15, 0.2) is 60.8 Å². The molecular weight excluding hydrogens is 310 g/mol. The van der Waals surface area contributed by atoms with E-state index in [9.17, 15) is 0 Å². The van der Waals surface area contributed by atoms with Gasteiger partial charge in [0, 0.05) is 56.1 Å². The van der Waals surface area contributed by atoms with Gasteiger partial charge < -0.3 is 9.64 Å². The van der Waals surface area contributed by atoms with Gasteiger partial charge in [-0.25, -0.2) is 0 Å². The second-order valence-electron chi connectivity index (χ2n) is 6.50. The maximum Gasteiger partial charge on any atom is 0.120 e. The van der Waals surface area contributed by atoms with E-state index in [4.69, 9.17) is 4.74 Å². The van der Waals surface area contributed by atoms with Gasteiger partial charge in [-0.15, -0.1) is 0 Å². The maximum atomic E-state index is 5.34. The zero-order chi connectivity index (χ0) is 17.1. The summed E-state index contributed by atoms with van der Waals surface area (Å²) in [5.41, 5.74) is 3.59. The number of fused-ring (bicyclic) bond motifs is 1. The van der Waals surface area contributed by atoms with Crippen molar-refractivity contribution in [3.8, 4) is 5.75 Å². The number of piperazine rings is 1. The number of hydrogen-bond donors (Lipinski definition) is 0. The minimum Gasteiger partial charge on any atom is -0.497 e. The smallest absolute Gasteiger partial charge is 0.120 e. The molecule has 3 aromatic rings. The Bertz CT molecular complexity index is 856. The Morgan fingerprint density at radius 3 is 2.64 bits per heavy atom. The largest absolute Gasteiger partial charge is 0.497 e. The highest BCUT2D eigenvalue weighted by atomic mass is 16.5. The van der Waals surface area contributed by atoms with E-state index < -0.39 is 0 Å². The van der Waals surface area contributed by atoms with Gasteiger partial charge in [-0.3, -0.25) is 9.88 Å². The van der Waals surface area contributed by atoms with E-state index in [1.807, 2.05) is 18.3 Å². The zero-order valence-electron chi connectivity index (χ0n) is 14.6. The predicted molar refractivity (Wildman–Crippen MR) is 102 cm³/mol. The number of ether oxygens (including phenoxy) is 1. The summed E-state index contributed by atoms with van der Waals surface area (Å²) in [5, 5.41) is 1.22. The number of methoxy groups -OCH3 is 1. The first-order valence-corrected chi connectivity index (χ1v) is 8.77. The first-order valence-electron chi connectivity index (χ1n) is 8.77. The molecule has 128 valence electrons. The molecule has 1 aromatic heterocycles. The average Bonchev–Trinajstić information content (AvgIpc) is 2.68. The molecule has 1 aliphatic heterocycles. The van der Waals surface area contributed by atoms with Crippen molar-refractivity contribution >= 4 is 16.6 Å². The molecular formula is C21H23N3O. The minimum absolute atomic E-state index is 0.919. The van der Waals surface area contributed by atoms with Crippen molar-refractivity contribution in [3.63, 3.8) is 0 Å². The van der Waals surface area contributed by atoms with Crippen molar-refractivity contribution in [1.82, 2.24) is 9.88 Å². The van der Waals surface area contributed by atoms with Crippen LogP contribution in [0.3, 0.4) is 0 Å². The number of aromatic nitrogens is 1. The Hall–Kier alpha value is -2.59. The lowest BCUT2D eigenvalue weighted by Crippen LogP contribution is -2.45. The van der Waals surface area contributed by atoms with Crippen LogP contribution >= 0.6 is 0 Å². The number of pyridine rings is 1. The van der Waals surface area contributed by atoms with E-state index in [-0.39, 0.29) is 0 Å². The summed E-state index contributed by atoms with van der Waals surface area (Å²) in [5.74, 6) is 0.919. The Balaban J connectivity index is 1.39. The molecule has 0 saturated carbocycles. The Kier molecular flexibility index (Phi) is 4.53. The molecule has 0 bridgehead atoms. The molecule has 0 spiro atoms. The lowest BCUT2D eigenvalue weighted by Gasteiger charge is -2.36. The monoisotopic (exact) mass is 333 g/mol. The second kappa shape index (κ2) is 7.11. The van der Waals surface area contributed by atoms with Gasteiger partial charge in [-0.1, -0.05) is 24.3 Å². The molecule has 0 amide bonds. The van der Waals surface area contributed by atoms with Gasteiger partial charge in [0.25, 0.3) is 0 Å². The summed E-state index contributed by atoms with van der Waals surface area (Å²) in [4.78, 5) is 9.51. The van der Waals surface area contributed by atoms with Crippen LogP contribution < -0.4 is 9.64 Å². The van der Waals surface area contributed by atoms with Crippen molar-refractivity contribution in [2.75, 3.05) is 38.2 Å². The van der Waals surface area contributed by atoms with Crippen LogP contribution in [0.2, 0.25) is 0 Å². The molecule has 2 aromatic carbocycles. The third kappa shape index (κ3) is 3.59. The van der Waals surface area contributed by atoms with Gasteiger partial charge >= 0.3 is 0 Å². The fraction of sp³-hybridized carbons (Fsp3) is 0.286. The van der Waals surface area contributed by atoms with Gasteiger partial charge in [-0.05, 0) is 29.8 Å². The lowest BCUT2D eigenvalue weighted by molar-refractivity contribution is 0.249. The second-order valence-corrected chi connectivity index (χ2v) is 6.50. The molecule has 0 unspecified atom stereocenters. The molecule has 4 heteroatoms. The topological polar surface area (TPSA) is 28.6 Å². The van der Waals surface area contributed by atoms with Crippen molar-refractivity contribution in [1.29, 1.82) is 0 Å². The molecule has 4 rings (SSSR count). The Labute approximate surface area is 148 Å². The summed E-state index contributed by atoms with van der Waals surface area (Å²) in [6.45, 7) is 5.15. The molecule has 4 nitrogen and oxygen atoms in total. The first-order chi connectivity index (χ1) is 12.3. The first kappa shape index (κ1) is 15.9. The van der Waals surface area contributed by atoms with Crippen LogP contribution in [-0.4, -0.2) is 43.2 Å². The fourth-order valence-corrected chi connectivity index (χ4v) is 3.43.